The molecule has 2 aliphatic rings. The number of aromatic nitrogens is 1. The Kier molecular flexibility index (Phi) is 4.68. The lowest BCUT2D eigenvalue weighted by molar-refractivity contribution is 0.0968. The predicted molar refractivity (Wildman–Crippen MR) is 104 cm³/mol. The van der Waals surface area contributed by atoms with Gasteiger partial charge in [-0.25, -0.2) is 4.98 Å². The average Bonchev–Trinajstić information content (AvgIpc) is 2.73. The Labute approximate surface area is 159 Å². The van der Waals surface area contributed by atoms with E-state index in [0.717, 1.165) is 44.7 Å². The van der Waals surface area contributed by atoms with Crippen LogP contribution in [0.1, 0.15) is 34.5 Å². The number of fused-ring (bicyclic) bond motifs is 1. The van der Waals surface area contributed by atoms with Gasteiger partial charge in [0.25, 0.3) is 0 Å². The van der Waals surface area contributed by atoms with Crippen LogP contribution >= 0.6 is 0 Å². The number of nitriles is 1. The summed E-state index contributed by atoms with van der Waals surface area (Å²) in [4.78, 5) is 21.6. The number of ether oxygens (including phenoxy) is 1. The Morgan fingerprint density at radius 1 is 1.07 bits per heavy atom. The molecule has 0 bridgehead atoms. The molecule has 1 aliphatic heterocycles. The number of carbonyl (C=O) groups is 1. The monoisotopic (exact) mass is 362 g/mol. The van der Waals surface area contributed by atoms with Crippen molar-refractivity contribution >= 4 is 17.3 Å². The Bertz CT molecular complexity index is 897. The highest BCUT2D eigenvalue weighted by Crippen LogP contribution is 2.36. The predicted octanol–water partition coefficient (Wildman–Crippen LogP) is 2.81. The molecule has 0 saturated carbocycles. The van der Waals surface area contributed by atoms with Gasteiger partial charge in [-0.15, -0.1) is 0 Å². The molecule has 1 aromatic carbocycles. The van der Waals surface area contributed by atoms with Gasteiger partial charge < -0.3 is 14.5 Å². The molecule has 0 unspecified atom stereocenters. The summed E-state index contributed by atoms with van der Waals surface area (Å²) in [6.07, 6.45) is 2.04. The molecule has 0 amide bonds. The van der Waals surface area contributed by atoms with Crippen LogP contribution in [0.3, 0.4) is 0 Å². The molecule has 1 saturated heterocycles. The molecule has 0 spiro atoms. The van der Waals surface area contributed by atoms with Crippen molar-refractivity contribution in [1.29, 1.82) is 5.26 Å². The van der Waals surface area contributed by atoms with Crippen LogP contribution < -0.4 is 14.5 Å². The molecule has 0 radical (unpaired) electrons. The SMILES string of the molecule is COc1c(C#N)c(N2CCN(c3ccccc3)CC2)nc2c1C(=O)CCC2. The minimum Gasteiger partial charge on any atom is -0.494 e. The molecule has 0 N–H and O–H groups in total. The van der Waals surface area contributed by atoms with E-state index in [1.54, 1.807) is 0 Å². The first-order chi connectivity index (χ1) is 13.2. The summed E-state index contributed by atoms with van der Waals surface area (Å²) in [5.74, 6) is 1.07. The molecule has 4 rings (SSSR count). The van der Waals surface area contributed by atoms with Crippen molar-refractivity contribution in [3.8, 4) is 11.8 Å². The van der Waals surface area contributed by atoms with E-state index in [4.69, 9.17) is 9.72 Å². The first kappa shape index (κ1) is 17.3. The number of Topliss-reactive ketones (excluding diaryl/α,β-unsaturated/α-hetero) is 1. The third-order valence-electron chi connectivity index (χ3n) is 5.32. The van der Waals surface area contributed by atoms with Crippen LogP contribution in [-0.4, -0.2) is 44.1 Å². The molecule has 6 heteroatoms. The Morgan fingerprint density at radius 2 is 1.78 bits per heavy atom. The first-order valence-electron chi connectivity index (χ1n) is 9.32. The fraction of sp³-hybridized carbons (Fsp3) is 0.381. The van der Waals surface area contributed by atoms with Gasteiger partial charge in [0.15, 0.2) is 17.4 Å². The second-order valence-corrected chi connectivity index (χ2v) is 6.86. The molecule has 2 heterocycles. The van der Waals surface area contributed by atoms with Gasteiger partial charge in [0.1, 0.15) is 11.6 Å². The molecular formula is C21H22N4O2. The van der Waals surface area contributed by atoms with Crippen molar-refractivity contribution in [3.63, 3.8) is 0 Å². The lowest BCUT2D eigenvalue weighted by Gasteiger charge is -2.37. The molecule has 1 aromatic heterocycles. The summed E-state index contributed by atoms with van der Waals surface area (Å²) in [5, 5.41) is 9.76. The summed E-state index contributed by atoms with van der Waals surface area (Å²) in [6, 6.07) is 12.6. The molecule has 138 valence electrons. The average molecular weight is 362 g/mol. The number of methoxy groups -OCH3 is 1. The number of benzene rings is 1. The number of hydrogen-bond donors (Lipinski definition) is 0. The topological polar surface area (TPSA) is 69.5 Å². The van der Waals surface area contributed by atoms with E-state index in [9.17, 15) is 10.1 Å². The van der Waals surface area contributed by atoms with Crippen molar-refractivity contribution in [1.82, 2.24) is 4.98 Å². The maximum absolute atomic E-state index is 12.4. The standard InChI is InChI=1S/C21H22N4O2/c1-27-20-16(14-22)21(23-17-8-5-9-18(26)19(17)20)25-12-10-24(11-13-25)15-6-3-2-4-7-15/h2-4,6-7H,5,8-13H2,1H3. The van der Waals surface area contributed by atoms with Crippen LogP contribution in [0.5, 0.6) is 5.75 Å². The Balaban J connectivity index is 1.65. The van der Waals surface area contributed by atoms with E-state index < -0.39 is 0 Å². The summed E-state index contributed by atoms with van der Waals surface area (Å²) in [5.41, 5.74) is 2.86. The van der Waals surface area contributed by atoms with Crippen LogP contribution in [0.2, 0.25) is 0 Å². The van der Waals surface area contributed by atoms with Gasteiger partial charge in [0.2, 0.25) is 0 Å². The van der Waals surface area contributed by atoms with Crippen LogP contribution in [0.4, 0.5) is 11.5 Å². The first-order valence-corrected chi connectivity index (χ1v) is 9.32. The van der Waals surface area contributed by atoms with Gasteiger partial charge in [-0.3, -0.25) is 4.79 Å². The Hall–Kier alpha value is -3.07. The van der Waals surface area contributed by atoms with Crippen molar-refractivity contribution in [2.75, 3.05) is 43.1 Å². The summed E-state index contributed by atoms with van der Waals surface area (Å²) in [6.45, 7) is 3.25. The highest BCUT2D eigenvalue weighted by Gasteiger charge is 2.30. The van der Waals surface area contributed by atoms with E-state index in [1.807, 2.05) is 18.2 Å². The Morgan fingerprint density at radius 3 is 2.44 bits per heavy atom. The lowest BCUT2D eigenvalue weighted by atomic mass is 9.92. The number of aryl methyl sites for hydroxylation is 1. The number of ketones is 1. The number of nitrogens with zero attached hydrogens (tertiary/aromatic N) is 4. The zero-order valence-corrected chi connectivity index (χ0v) is 15.4. The summed E-state index contributed by atoms with van der Waals surface area (Å²) in [7, 11) is 1.52. The van der Waals surface area contributed by atoms with E-state index in [0.29, 0.717) is 29.1 Å². The fourth-order valence-corrected chi connectivity index (χ4v) is 3.96. The maximum atomic E-state index is 12.4. The van der Waals surface area contributed by atoms with Crippen molar-refractivity contribution in [2.45, 2.75) is 19.3 Å². The second kappa shape index (κ2) is 7.28. The maximum Gasteiger partial charge on any atom is 0.168 e. The summed E-state index contributed by atoms with van der Waals surface area (Å²) >= 11 is 0. The minimum absolute atomic E-state index is 0.0255. The zero-order valence-electron chi connectivity index (χ0n) is 15.4. The molecule has 6 nitrogen and oxygen atoms in total. The normalized spacial score (nSPS) is 16.7. The summed E-state index contributed by atoms with van der Waals surface area (Å²) < 4.78 is 5.51. The number of anilines is 2. The number of piperazine rings is 1. The number of rotatable bonds is 3. The number of para-hydroxylation sites is 1. The van der Waals surface area contributed by atoms with Crippen molar-refractivity contribution in [3.05, 3.63) is 47.2 Å². The van der Waals surface area contributed by atoms with Crippen LogP contribution in [0.15, 0.2) is 30.3 Å². The van der Waals surface area contributed by atoms with E-state index in [2.05, 4.69) is 28.0 Å². The molecule has 27 heavy (non-hydrogen) atoms. The molecule has 0 atom stereocenters. The van der Waals surface area contributed by atoms with E-state index >= 15 is 0 Å². The largest absolute Gasteiger partial charge is 0.494 e. The van der Waals surface area contributed by atoms with Gasteiger partial charge in [0, 0.05) is 38.3 Å². The van der Waals surface area contributed by atoms with Crippen molar-refractivity contribution < 1.29 is 9.53 Å². The van der Waals surface area contributed by atoms with Gasteiger partial charge in [-0.1, -0.05) is 18.2 Å². The number of carbonyl (C=O) groups excluding carboxylic acids is 1. The lowest BCUT2D eigenvalue weighted by Crippen LogP contribution is -2.47. The molecule has 2 aromatic rings. The van der Waals surface area contributed by atoms with Crippen molar-refractivity contribution in [2.24, 2.45) is 0 Å². The van der Waals surface area contributed by atoms with Gasteiger partial charge in [0.05, 0.1) is 18.4 Å². The highest BCUT2D eigenvalue weighted by atomic mass is 16.5. The van der Waals surface area contributed by atoms with Crippen LogP contribution in [-0.2, 0) is 6.42 Å². The zero-order chi connectivity index (χ0) is 18.8. The highest BCUT2D eigenvalue weighted by molar-refractivity contribution is 6.02. The molecular weight excluding hydrogens is 340 g/mol. The van der Waals surface area contributed by atoms with E-state index in [1.165, 1.54) is 12.8 Å². The number of hydrogen-bond acceptors (Lipinski definition) is 6. The molecule has 1 aliphatic carbocycles. The fourth-order valence-electron chi connectivity index (χ4n) is 3.96. The smallest absolute Gasteiger partial charge is 0.168 e. The van der Waals surface area contributed by atoms with Gasteiger partial charge in [-0.2, -0.15) is 5.26 Å². The van der Waals surface area contributed by atoms with Crippen LogP contribution in [0.25, 0.3) is 0 Å². The van der Waals surface area contributed by atoms with Gasteiger partial charge >= 0.3 is 0 Å². The third kappa shape index (κ3) is 3.10. The minimum atomic E-state index is 0.0255. The third-order valence-corrected chi connectivity index (χ3v) is 5.32. The number of pyridine rings is 1. The van der Waals surface area contributed by atoms with Crippen LogP contribution in [0, 0.1) is 11.3 Å². The quantitative estimate of drug-likeness (QED) is 0.836. The van der Waals surface area contributed by atoms with Gasteiger partial charge in [-0.05, 0) is 25.0 Å². The second-order valence-electron chi connectivity index (χ2n) is 6.86. The molecule has 1 fully saturated rings. The van der Waals surface area contributed by atoms with E-state index in [-0.39, 0.29) is 5.78 Å².